The van der Waals surface area contributed by atoms with Crippen LogP contribution in [0.3, 0.4) is 0 Å². The van der Waals surface area contributed by atoms with Crippen LogP contribution in [0.4, 0.5) is 0 Å². The average molecular weight is 121 g/mol. The maximum atomic E-state index is 8.56. The van der Waals surface area contributed by atoms with Gasteiger partial charge in [-0.2, -0.15) is 0 Å². The smallest absolute Gasteiger partial charge is 0.213 e. The minimum Gasteiger partial charge on any atom is -0.213 e. The first-order valence-corrected chi connectivity index (χ1v) is 3.72. The van der Waals surface area contributed by atoms with Crippen LogP contribution < -0.4 is 0 Å². The molecule has 1 heterocycles. The van der Waals surface area contributed by atoms with Crippen molar-refractivity contribution in [1.82, 2.24) is 0 Å². The van der Waals surface area contributed by atoms with Crippen LogP contribution in [0, 0.1) is 17.1 Å². The second-order valence-electron chi connectivity index (χ2n) is 3.10. The fourth-order valence-electron chi connectivity index (χ4n) is 1.55. The van der Waals surface area contributed by atoms with E-state index in [0.717, 1.165) is 18.6 Å². The molecule has 2 heteroatoms. The van der Waals surface area contributed by atoms with Crippen LogP contribution in [0.2, 0.25) is 12.6 Å². The number of hydrogen-bond donors (Lipinski definition) is 0. The van der Waals surface area contributed by atoms with Gasteiger partial charge in [0.2, 0.25) is 0 Å². The summed E-state index contributed by atoms with van der Waals surface area (Å²) in [6, 6.07) is 0. The summed E-state index contributed by atoms with van der Waals surface area (Å²) in [7, 11) is 0. The van der Waals surface area contributed by atoms with E-state index in [-0.39, 0.29) is 0 Å². The fourth-order valence-corrected chi connectivity index (χ4v) is 1.55. The number of nitrogens with zero attached hydrogens (tertiary/aromatic N) is 1. The van der Waals surface area contributed by atoms with Gasteiger partial charge in [-0.15, -0.1) is 0 Å². The lowest BCUT2D eigenvalue weighted by Gasteiger charge is -2.18. The standard InChI is InChI=1S/C7H12BN/c1-7-3-2-4-8(5-7)6-9/h7H,2-5H2,1H3. The second kappa shape index (κ2) is 2.91. The van der Waals surface area contributed by atoms with Crippen LogP contribution in [-0.2, 0) is 0 Å². The Labute approximate surface area is 57.1 Å². The zero-order chi connectivity index (χ0) is 6.69. The molecule has 1 atom stereocenters. The van der Waals surface area contributed by atoms with Gasteiger partial charge in [0.1, 0.15) is 0 Å². The van der Waals surface area contributed by atoms with Gasteiger partial charge in [-0.1, -0.05) is 32.4 Å². The highest BCUT2D eigenvalue weighted by molar-refractivity contribution is 6.67. The van der Waals surface area contributed by atoms with Crippen LogP contribution in [-0.4, -0.2) is 6.71 Å². The molecular weight excluding hydrogens is 109 g/mol. The summed E-state index contributed by atoms with van der Waals surface area (Å²) in [4.78, 5) is 0. The molecule has 0 spiro atoms. The molecule has 0 aromatic heterocycles. The molecular formula is C7H12BN. The normalized spacial score (nSPS) is 27.6. The predicted molar refractivity (Wildman–Crippen MR) is 39.4 cm³/mol. The highest BCUT2D eigenvalue weighted by Gasteiger charge is 2.21. The van der Waals surface area contributed by atoms with Gasteiger partial charge in [0.15, 0.2) is 0 Å². The molecule has 1 rings (SSSR count). The van der Waals surface area contributed by atoms with E-state index in [9.17, 15) is 0 Å². The first-order valence-electron chi connectivity index (χ1n) is 3.72. The van der Waals surface area contributed by atoms with Crippen molar-refractivity contribution in [2.45, 2.75) is 32.4 Å². The third-order valence-corrected chi connectivity index (χ3v) is 2.12. The topological polar surface area (TPSA) is 23.8 Å². The zero-order valence-electron chi connectivity index (χ0n) is 5.93. The van der Waals surface area contributed by atoms with E-state index in [1.54, 1.807) is 0 Å². The van der Waals surface area contributed by atoms with Gasteiger partial charge in [-0.25, -0.2) is 5.26 Å². The Bertz CT molecular complexity index is 127. The molecule has 0 aliphatic carbocycles. The van der Waals surface area contributed by atoms with Gasteiger partial charge >= 0.3 is 0 Å². The highest BCUT2D eigenvalue weighted by Crippen LogP contribution is 2.23. The molecule has 1 saturated heterocycles. The molecule has 0 saturated carbocycles. The predicted octanol–water partition coefficient (Wildman–Crippen LogP) is 1.97. The summed E-state index contributed by atoms with van der Waals surface area (Å²) < 4.78 is 0. The Morgan fingerprint density at radius 3 is 2.89 bits per heavy atom. The van der Waals surface area contributed by atoms with Gasteiger partial charge in [0, 0.05) is 5.97 Å². The van der Waals surface area contributed by atoms with Crippen LogP contribution in [0.15, 0.2) is 0 Å². The Morgan fingerprint density at radius 1 is 1.67 bits per heavy atom. The third-order valence-electron chi connectivity index (χ3n) is 2.12. The van der Waals surface area contributed by atoms with Crippen LogP contribution in [0.1, 0.15) is 19.8 Å². The summed E-state index contributed by atoms with van der Waals surface area (Å²) in [5.74, 6) is 3.13. The van der Waals surface area contributed by atoms with E-state index in [0.29, 0.717) is 6.71 Å². The van der Waals surface area contributed by atoms with E-state index < -0.39 is 0 Å². The summed E-state index contributed by atoms with van der Waals surface area (Å²) in [5.41, 5.74) is 0. The largest absolute Gasteiger partial charge is 0.268 e. The van der Waals surface area contributed by atoms with Crippen LogP contribution in [0.5, 0.6) is 0 Å². The third kappa shape index (κ3) is 1.75. The molecule has 0 amide bonds. The molecule has 9 heavy (non-hydrogen) atoms. The quantitative estimate of drug-likeness (QED) is 0.449. The second-order valence-corrected chi connectivity index (χ2v) is 3.10. The van der Waals surface area contributed by atoms with Gasteiger partial charge in [-0.3, -0.25) is 0 Å². The minimum atomic E-state index is 0.369. The molecule has 1 aliphatic heterocycles. The van der Waals surface area contributed by atoms with Crippen molar-refractivity contribution in [3.63, 3.8) is 0 Å². The fraction of sp³-hybridized carbons (Fsp3) is 0.857. The van der Waals surface area contributed by atoms with E-state index in [4.69, 9.17) is 5.26 Å². The lowest BCUT2D eigenvalue weighted by Crippen LogP contribution is -2.19. The summed E-state index contributed by atoms with van der Waals surface area (Å²) in [6.07, 6.45) is 4.87. The minimum absolute atomic E-state index is 0.369. The van der Waals surface area contributed by atoms with Gasteiger partial charge < -0.3 is 0 Å². The molecule has 1 fully saturated rings. The molecule has 0 bridgehead atoms. The number of nitriles is 1. The lowest BCUT2D eigenvalue weighted by molar-refractivity contribution is 0.546. The van der Waals surface area contributed by atoms with Gasteiger partial charge in [-0.05, 0) is 5.92 Å². The molecule has 48 valence electrons. The maximum absolute atomic E-state index is 8.56. The van der Waals surface area contributed by atoms with E-state index in [1.807, 2.05) is 0 Å². The summed E-state index contributed by atoms with van der Waals surface area (Å²) >= 11 is 0. The highest BCUT2D eigenvalue weighted by atomic mass is 14.2. The molecule has 0 aromatic rings. The maximum Gasteiger partial charge on any atom is 0.268 e. The number of rotatable bonds is 0. The van der Waals surface area contributed by atoms with Crippen LogP contribution >= 0.6 is 0 Å². The summed E-state index contributed by atoms with van der Waals surface area (Å²) in [6.45, 7) is 2.61. The molecule has 1 unspecified atom stereocenters. The Kier molecular flexibility index (Phi) is 2.16. The van der Waals surface area contributed by atoms with Crippen molar-refractivity contribution in [2.75, 3.05) is 0 Å². The van der Waals surface area contributed by atoms with Crippen molar-refractivity contribution in [2.24, 2.45) is 5.92 Å². The van der Waals surface area contributed by atoms with Crippen molar-refractivity contribution >= 4 is 6.71 Å². The van der Waals surface area contributed by atoms with Crippen LogP contribution in [0.25, 0.3) is 0 Å². The Hall–Kier alpha value is -0.445. The molecule has 0 radical (unpaired) electrons. The SMILES string of the molecule is CC1CCCB(C#N)C1. The zero-order valence-corrected chi connectivity index (χ0v) is 5.93. The summed E-state index contributed by atoms with van der Waals surface area (Å²) in [5, 5.41) is 8.56. The van der Waals surface area contributed by atoms with Gasteiger partial charge in [0.25, 0.3) is 6.71 Å². The number of hydrogen-bond acceptors (Lipinski definition) is 1. The van der Waals surface area contributed by atoms with Crippen molar-refractivity contribution in [1.29, 1.82) is 5.26 Å². The van der Waals surface area contributed by atoms with Crippen molar-refractivity contribution in [3.05, 3.63) is 0 Å². The van der Waals surface area contributed by atoms with Crippen molar-refractivity contribution in [3.8, 4) is 5.97 Å². The first-order chi connectivity index (χ1) is 4.33. The lowest BCUT2D eigenvalue weighted by atomic mass is 9.41. The van der Waals surface area contributed by atoms with E-state index >= 15 is 0 Å². The Morgan fingerprint density at radius 2 is 2.44 bits per heavy atom. The molecule has 0 aromatic carbocycles. The van der Waals surface area contributed by atoms with Gasteiger partial charge in [0.05, 0.1) is 0 Å². The molecule has 1 nitrogen and oxygen atoms in total. The van der Waals surface area contributed by atoms with Crippen molar-refractivity contribution < 1.29 is 0 Å². The average Bonchev–Trinajstić information content (AvgIpc) is 1.88. The first kappa shape index (κ1) is 6.67. The molecule has 1 aliphatic rings. The monoisotopic (exact) mass is 121 g/mol. The Balaban J connectivity index is 2.34. The molecule has 0 N–H and O–H groups in total. The van der Waals surface area contributed by atoms with E-state index in [2.05, 4.69) is 12.9 Å². The van der Waals surface area contributed by atoms with E-state index in [1.165, 1.54) is 12.8 Å².